The van der Waals surface area contributed by atoms with Crippen molar-refractivity contribution in [3.63, 3.8) is 0 Å². The summed E-state index contributed by atoms with van der Waals surface area (Å²) >= 11 is 0. The summed E-state index contributed by atoms with van der Waals surface area (Å²) in [5.74, 6) is -0.635. The number of nitrogens with two attached hydrogens (primary N) is 1. The van der Waals surface area contributed by atoms with Crippen molar-refractivity contribution < 1.29 is 9.53 Å². The normalized spacial score (nSPS) is 10.5. The van der Waals surface area contributed by atoms with Gasteiger partial charge in [0.15, 0.2) is 0 Å². The van der Waals surface area contributed by atoms with Gasteiger partial charge in [0.1, 0.15) is 16.9 Å². The van der Waals surface area contributed by atoms with Crippen molar-refractivity contribution in [1.29, 1.82) is 0 Å². The number of hydrogen-bond donors (Lipinski definition) is 1. The Kier molecular flexibility index (Phi) is 4.60. The average molecular weight is 301 g/mol. The highest BCUT2D eigenvalue weighted by atomic mass is 16.5. The van der Waals surface area contributed by atoms with E-state index in [0.29, 0.717) is 12.2 Å². The Morgan fingerprint density at radius 1 is 1.36 bits per heavy atom. The molecular formula is C16H19N3O3. The molecule has 0 radical (unpaired) electrons. The van der Waals surface area contributed by atoms with Crippen LogP contribution in [0.25, 0.3) is 11.3 Å². The van der Waals surface area contributed by atoms with Gasteiger partial charge in [-0.3, -0.25) is 4.79 Å². The highest BCUT2D eigenvalue weighted by molar-refractivity contribution is 6.01. The molecule has 1 aromatic carbocycles. The molecule has 2 rings (SSSR count). The van der Waals surface area contributed by atoms with E-state index >= 15 is 0 Å². The fourth-order valence-electron chi connectivity index (χ4n) is 2.21. The molecule has 2 aromatic rings. The number of nitrogen functional groups attached to an aromatic ring is 1. The first-order valence-corrected chi connectivity index (χ1v) is 7.14. The van der Waals surface area contributed by atoms with Crippen molar-refractivity contribution in [2.24, 2.45) is 0 Å². The van der Waals surface area contributed by atoms with Gasteiger partial charge in [-0.2, -0.15) is 5.10 Å². The molecular weight excluding hydrogens is 282 g/mol. The Hall–Kier alpha value is -2.63. The smallest absolute Gasteiger partial charge is 0.342 e. The van der Waals surface area contributed by atoms with E-state index in [9.17, 15) is 9.59 Å². The van der Waals surface area contributed by atoms with Gasteiger partial charge in [0.05, 0.1) is 6.61 Å². The monoisotopic (exact) mass is 301 g/mol. The number of aromatic nitrogens is 2. The second-order valence-electron chi connectivity index (χ2n) is 4.85. The van der Waals surface area contributed by atoms with Crippen molar-refractivity contribution in [1.82, 2.24) is 9.78 Å². The Labute approximate surface area is 128 Å². The first-order chi connectivity index (χ1) is 10.5. The van der Waals surface area contributed by atoms with Crippen LogP contribution in [-0.4, -0.2) is 22.4 Å². The number of hydrogen-bond acceptors (Lipinski definition) is 5. The van der Waals surface area contributed by atoms with Crippen LogP contribution in [0.5, 0.6) is 0 Å². The maximum atomic E-state index is 12.2. The molecule has 0 aliphatic carbocycles. The van der Waals surface area contributed by atoms with E-state index in [2.05, 4.69) is 5.10 Å². The van der Waals surface area contributed by atoms with Crippen LogP contribution in [0.1, 0.15) is 29.8 Å². The zero-order valence-electron chi connectivity index (χ0n) is 12.9. The fourth-order valence-corrected chi connectivity index (χ4v) is 2.21. The van der Waals surface area contributed by atoms with Gasteiger partial charge in [0.25, 0.3) is 5.56 Å². The molecule has 6 nitrogen and oxygen atoms in total. The van der Waals surface area contributed by atoms with Crippen LogP contribution < -0.4 is 11.3 Å². The van der Waals surface area contributed by atoms with E-state index in [0.717, 1.165) is 11.1 Å². The number of esters is 1. The first kappa shape index (κ1) is 15.8. The average Bonchev–Trinajstić information content (AvgIpc) is 2.49. The van der Waals surface area contributed by atoms with Crippen molar-refractivity contribution in [3.05, 3.63) is 45.7 Å². The summed E-state index contributed by atoms with van der Waals surface area (Å²) in [5.41, 5.74) is 7.40. The lowest BCUT2D eigenvalue weighted by Crippen LogP contribution is -2.29. The summed E-state index contributed by atoms with van der Waals surface area (Å²) in [6.07, 6.45) is 0. The number of ether oxygens (including phenoxy) is 1. The third-order valence-corrected chi connectivity index (χ3v) is 3.26. The third-order valence-electron chi connectivity index (χ3n) is 3.26. The second-order valence-corrected chi connectivity index (χ2v) is 4.85. The lowest BCUT2D eigenvalue weighted by Gasteiger charge is -2.13. The SMILES string of the molecule is CCOC(=O)c1c(-c2cccc(C)c2)nn(CC)c(=O)c1N. The molecule has 0 aliphatic rings. The molecule has 0 atom stereocenters. The molecule has 1 heterocycles. The lowest BCUT2D eigenvalue weighted by atomic mass is 10.0. The molecule has 0 saturated heterocycles. The van der Waals surface area contributed by atoms with Crippen molar-refractivity contribution in [2.45, 2.75) is 27.3 Å². The minimum Gasteiger partial charge on any atom is -0.462 e. The van der Waals surface area contributed by atoms with Crippen LogP contribution in [0, 0.1) is 6.92 Å². The molecule has 22 heavy (non-hydrogen) atoms. The van der Waals surface area contributed by atoms with E-state index in [4.69, 9.17) is 10.5 Å². The molecule has 0 unspecified atom stereocenters. The summed E-state index contributed by atoms with van der Waals surface area (Å²) in [4.78, 5) is 24.4. The summed E-state index contributed by atoms with van der Waals surface area (Å²) < 4.78 is 6.27. The van der Waals surface area contributed by atoms with Gasteiger partial charge in [0.2, 0.25) is 0 Å². The molecule has 0 fully saturated rings. The van der Waals surface area contributed by atoms with Gasteiger partial charge < -0.3 is 10.5 Å². The van der Waals surface area contributed by atoms with Gasteiger partial charge in [-0.05, 0) is 26.8 Å². The first-order valence-electron chi connectivity index (χ1n) is 7.14. The van der Waals surface area contributed by atoms with Crippen LogP contribution in [0.15, 0.2) is 29.1 Å². The van der Waals surface area contributed by atoms with Crippen molar-refractivity contribution >= 4 is 11.7 Å². The Morgan fingerprint density at radius 3 is 2.68 bits per heavy atom. The van der Waals surface area contributed by atoms with Gasteiger partial charge >= 0.3 is 5.97 Å². The largest absolute Gasteiger partial charge is 0.462 e. The maximum Gasteiger partial charge on any atom is 0.342 e. The Morgan fingerprint density at radius 2 is 2.09 bits per heavy atom. The number of rotatable bonds is 4. The van der Waals surface area contributed by atoms with Crippen molar-refractivity contribution in [3.8, 4) is 11.3 Å². The summed E-state index contributed by atoms with van der Waals surface area (Å²) in [6, 6.07) is 7.50. The molecule has 0 spiro atoms. The quantitative estimate of drug-likeness (QED) is 0.873. The zero-order valence-corrected chi connectivity index (χ0v) is 12.9. The van der Waals surface area contributed by atoms with E-state index in [1.54, 1.807) is 13.8 Å². The zero-order chi connectivity index (χ0) is 16.3. The molecule has 0 saturated carbocycles. The molecule has 0 aliphatic heterocycles. The minimum atomic E-state index is -0.635. The number of nitrogens with zero attached hydrogens (tertiary/aromatic N) is 2. The van der Waals surface area contributed by atoms with Gasteiger partial charge in [-0.1, -0.05) is 23.8 Å². The van der Waals surface area contributed by atoms with Crippen LogP contribution in [0.3, 0.4) is 0 Å². The summed E-state index contributed by atoms with van der Waals surface area (Å²) in [5, 5.41) is 4.29. The molecule has 0 bridgehead atoms. The minimum absolute atomic E-state index is 0.0298. The van der Waals surface area contributed by atoms with E-state index in [1.165, 1.54) is 4.68 Å². The van der Waals surface area contributed by atoms with Crippen LogP contribution >= 0.6 is 0 Å². The third kappa shape index (κ3) is 2.86. The van der Waals surface area contributed by atoms with E-state index in [1.807, 2.05) is 31.2 Å². The van der Waals surface area contributed by atoms with Gasteiger partial charge in [0, 0.05) is 12.1 Å². The number of carbonyl (C=O) groups is 1. The molecule has 116 valence electrons. The highest BCUT2D eigenvalue weighted by Gasteiger charge is 2.23. The molecule has 6 heteroatoms. The van der Waals surface area contributed by atoms with Crippen LogP contribution in [0.4, 0.5) is 5.69 Å². The van der Waals surface area contributed by atoms with Crippen LogP contribution in [0.2, 0.25) is 0 Å². The predicted molar refractivity (Wildman–Crippen MR) is 84.7 cm³/mol. The number of benzene rings is 1. The fraction of sp³-hybridized carbons (Fsp3) is 0.312. The highest BCUT2D eigenvalue weighted by Crippen LogP contribution is 2.25. The van der Waals surface area contributed by atoms with E-state index in [-0.39, 0.29) is 17.9 Å². The number of carbonyl (C=O) groups excluding carboxylic acids is 1. The Bertz CT molecular complexity index is 766. The topological polar surface area (TPSA) is 87.2 Å². The second kappa shape index (κ2) is 6.43. The van der Waals surface area contributed by atoms with E-state index < -0.39 is 11.5 Å². The van der Waals surface area contributed by atoms with Crippen LogP contribution in [-0.2, 0) is 11.3 Å². The summed E-state index contributed by atoms with van der Waals surface area (Å²) in [6.45, 7) is 5.99. The predicted octanol–water partition coefficient (Wildman–Crippen LogP) is 2.00. The number of aryl methyl sites for hydroxylation is 2. The van der Waals surface area contributed by atoms with Crippen molar-refractivity contribution in [2.75, 3.05) is 12.3 Å². The maximum absolute atomic E-state index is 12.2. The number of anilines is 1. The van der Waals surface area contributed by atoms with Gasteiger partial charge in [-0.25, -0.2) is 9.48 Å². The lowest BCUT2D eigenvalue weighted by molar-refractivity contribution is 0.0527. The molecule has 2 N–H and O–H groups in total. The Balaban J connectivity index is 2.77. The summed E-state index contributed by atoms with van der Waals surface area (Å²) in [7, 11) is 0. The standard InChI is InChI=1S/C16H19N3O3/c1-4-19-15(20)13(17)12(16(21)22-5-2)14(18-19)11-8-6-7-10(3)9-11/h6-9H,4-5,17H2,1-3H3. The molecule has 1 aromatic heterocycles. The molecule has 0 amide bonds. The van der Waals surface area contributed by atoms with Gasteiger partial charge in [-0.15, -0.1) is 0 Å².